The lowest BCUT2D eigenvalue weighted by atomic mass is 9.90. The minimum Gasteiger partial charge on any atom is -0.465 e. The molecule has 0 N–H and O–H groups in total. The highest BCUT2D eigenvalue weighted by molar-refractivity contribution is 5.77. The molecule has 1 rings (SSSR count). The van der Waals surface area contributed by atoms with Crippen LogP contribution in [0.2, 0.25) is 0 Å². The van der Waals surface area contributed by atoms with Gasteiger partial charge < -0.3 is 9.47 Å². The van der Waals surface area contributed by atoms with E-state index < -0.39 is 0 Å². The predicted molar refractivity (Wildman–Crippen MR) is 81.8 cm³/mol. The Kier molecular flexibility index (Phi) is 9.11. The van der Waals surface area contributed by atoms with Crippen LogP contribution in [0.4, 0.5) is 0 Å². The third kappa shape index (κ3) is 8.08. The smallest absolute Gasteiger partial charge is 0.306 e. The lowest BCUT2D eigenvalue weighted by Gasteiger charge is -2.21. The summed E-state index contributed by atoms with van der Waals surface area (Å²) in [5.41, 5.74) is 0. The number of hydrogen-bond acceptors (Lipinski definition) is 4. The third-order valence-corrected chi connectivity index (χ3v) is 4.10. The van der Waals surface area contributed by atoms with Crippen LogP contribution in [0, 0.1) is 5.92 Å². The number of carbonyl (C=O) groups is 2. The highest BCUT2D eigenvalue weighted by atomic mass is 16.5. The first-order valence-corrected chi connectivity index (χ1v) is 8.50. The van der Waals surface area contributed by atoms with Crippen molar-refractivity contribution in [2.75, 3.05) is 6.61 Å². The van der Waals surface area contributed by atoms with E-state index in [2.05, 4.69) is 6.92 Å². The van der Waals surface area contributed by atoms with Crippen LogP contribution in [-0.4, -0.2) is 24.6 Å². The van der Waals surface area contributed by atoms with Crippen molar-refractivity contribution in [1.82, 2.24) is 0 Å². The van der Waals surface area contributed by atoms with Gasteiger partial charge in [0.1, 0.15) is 6.10 Å². The van der Waals surface area contributed by atoms with Gasteiger partial charge in [0, 0.05) is 0 Å². The molecular weight excluding hydrogens is 268 g/mol. The molecule has 1 aliphatic carbocycles. The third-order valence-electron chi connectivity index (χ3n) is 4.10. The van der Waals surface area contributed by atoms with E-state index in [1.54, 1.807) is 0 Å². The second kappa shape index (κ2) is 10.6. The molecule has 1 unspecified atom stereocenters. The molecule has 1 saturated carbocycles. The summed E-state index contributed by atoms with van der Waals surface area (Å²) in [5, 5.41) is 0. The Hall–Kier alpha value is -1.06. The van der Waals surface area contributed by atoms with Gasteiger partial charge in [0.05, 0.1) is 19.4 Å². The fourth-order valence-corrected chi connectivity index (χ4v) is 2.75. The number of carbonyl (C=O) groups excluding carboxylic acids is 2. The fraction of sp³-hybridized carbons (Fsp3) is 0.882. The van der Waals surface area contributed by atoms with Crippen LogP contribution in [0.5, 0.6) is 0 Å². The van der Waals surface area contributed by atoms with Gasteiger partial charge in [-0.05, 0) is 31.6 Å². The minimum atomic E-state index is -0.287. The van der Waals surface area contributed by atoms with Crippen molar-refractivity contribution in [3.63, 3.8) is 0 Å². The predicted octanol–water partition coefficient (Wildman–Crippen LogP) is 4.01. The normalized spacial score (nSPS) is 17.2. The summed E-state index contributed by atoms with van der Waals surface area (Å²) >= 11 is 0. The van der Waals surface area contributed by atoms with E-state index in [-0.39, 0.29) is 30.9 Å². The van der Waals surface area contributed by atoms with E-state index in [0.29, 0.717) is 12.5 Å². The molecule has 0 amide bonds. The molecule has 0 heterocycles. The second-order valence-corrected chi connectivity index (χ2v) is 6.00. The molecule has 0 saturated heterocycles. The lowest BCUT2D eigenvalue weighted by molar-refractivity contribution is -0.154. The monoisotopic (exact) mass is 298 g/mol. The van der Waals surface area contributed by atoms with Gasteiger partial charge in [-0.3, -0.25) is 9.59 Å². The van der Waals surface area contributed by atoms with Gasteiger partial charge in [0.2, 0.25) is 0 Å². The van der Waals surface area contributed by atoms with E-state index in [1.807, 2.05) is 6.92 Å². The zero-order valence-corrected chi connectivity index (χ0v) is 13.6. The molecule has 1 atom stereocenters. The molecule has 4 heteroatoms. The van der Waals surface area contributed by atoms with Crippen LogP contribution < -0.4 is 0 Å². The Morgan fingerprint density at radius 3 is 2.33 bits per heavy atom. The molecule has 122 valence electrons. The summed E-state index contributed by atoms with van der Waals surface area (Å²) in [5.74, 6) is -0.0466. The van der Waals surface area contributed by atoms with Crippen LogP contribution in [0.15, 0.2) is 0 Å². The van der Waals surface area contributed by atoms with E-state index in [1.165, 1.54) is 19.3 Å². The van der Waals surface area contributed by atoms with Crippen molar-refractivity contribution < 1.29 is 19.1 Å². The van der Waals surface area contributed by atoms with Crippen LogP contribution in [0.1, 0.15) is 78.1 Å². The summed E-state index contributed by atoms with van der Waals surface area (Å²) in [6.07, 6.45) is 9.05. The molecule has 1 fully saturated rings. The standard InChI is InChI=1S/C17H30O4/c1-3-8-15(4-2)21-17(19)12-11-16(18)20-13-14-9-6-5-7-10-14/h14-15H,3-13H2,1-2H3. The van der Waals surface area contributed by atoms with Gasteiger partial charge in [-0.1, -0.05) is 39.5 Å². The first-order valence-electron chi connectivity index (χ1n) is 8.50. The topological polar surface area (TPSA) is 52.6 Å². The molecule has 0 aromatic heterocycles. The summed E-state index contributed by atoms with van der Waals surface area (Å²) in [6, 6.07) is 0. The van der Waals surface area contributed by atoms with Gasteiger partial charge in [-0.15, -0.1) is 0 Å². The fourth-order valence-electron chi connectivity index (χ4n) is 2.75. The summed E-state index contributed by atoms with van der Waals surface area (Å²) in [7, 11) is 0. The van der Waals surface area contributed by atoms with Crippen molar-refractivity contribution in [3.8, 4) is 0 Å². The Labute approximate surface area is 128 Å². The van der Waals surface area contributed by atoms with Crippen LogP contribution in [0.3, 0.4) is 0 Å². The SMILES string of the molecule is CCCC(CC)OC(=O)CCC(=O)OCC1CCCCC1. The average Bonchev–Trinajstić information content (AvgIpc) is 2.51. The van der Waals surface area contributed by atoms with E-state index >= 15 is 0 Å². The van der Waals surface area contributed by atoms with Crippen molar-refractivity contribution in [2.24, 2.45) is 5.92 Å². The van der Waals surface area contributed by atoms with E-state index in [9.17, 15) is 9.59 Å². The lowest BCUT2D eigenvalue weighted by Crippen LogP contribution is -2.20. The highest BCUT2D eigenvalue weighted by Crippen LogP contribution is 2.23. The number of rotatable bonds is 9. The molecule has 0 bridgehead atoms. The second-order valence-electron chi connectivity index (χ2n) is 6.00. The molecule has 21 heavy (non-hydrogen) atoms. The number of hydrogen-bond donors (Lipinski definition) is 0. The molecular formula is C17H30O4. The summed E-state index contributed by atoms with van der Waals surface area (Å²) in [6.45, 7) is 4.59. The maximum absolute atomic E-state index is 11.7. The maximum atomic E-state index is 11.7. The first kappa shape index (κ1) is 18.0. The first-order chi connectivity index (χ1) is 10.2. The Morgan fingerprint density at radius 2 is 1.71 bits per heavy atom. The zero-order chi connectivity index (χ0) is 15.5. The van der Waals surface area contributed by atoms with Crippen molar-refractivity contribution in [2.45, 2.75) is 84.2 Å². The van der Waals surface area contributed by atoms with Gasteiger partial charge in [-0.2, -0.15) is 0 Å². The highest BCUT2D eigenvalue weighted by Gasteiger charge is 2.17. The molecule has 0 radical (unpaired) electrons. The van der Waals surface area contributed by atoms with Gasteiger partial charge in [0.15, 0.2) is 0 Å². The van der Waals surface area contributed by atoms with Crippen LogP contribution in [0.25, 0.3) is 0 Å². The zero-order valence-electron chi connectivity index (χ0n) is 13.6. The molecule has 0 aromatic carbocycles. The van der Waals surface area contributed by atoms with Crippen molar-refractivity contribution in [1.29, 1.82) is 0 Å². The maximum Gasteiger partial charge on any atom is 0.306 e. The van der Waals surface area contributed by atoms with Crippen molar-refractivity contribution >= 4 is 11.9 Å². The molecule has 4 nitrogen and oxygen atoms in total. The summed E-state index contributed by atoms with van der Waals surface area (Å²) < 4.78 is 10.6. The number of esters is 2. The Morgan fingerprint density at radius 1 is 1.05 bits per heavy atom. The van der Waals surface area contributed by atoms with Gasteiger partial charge >= 0.3 is 11.9 Å². The number of ether oxygens (including phenoxy) is 2. The largest absolute Gasteiger partial charge is 0.465 e. The Balaban J connectivity index is 2.12. The summed E-state index contributed by atoms with van der Waals surface area (Å²) in [4.78, 5) is 23.3. The molecule has 0 aromatic rings. The van der Waals surface area contributed by atoms with Crippen molar-refractivity contribution in [3.05, 3.63) is 0 Å². The van der Waals surface area contributed by atoms with Crippen LogP contribution >= 0.6 is 0 Å². The minimum absolute atomic E-state index is 0.0132. The Bertz CT molecular complexity index is 308. The molecule has 1 aliphatic rings. The van der Waals surface area contributed by atoms with Gasteiger partial charge in [0.25, 0.3) is 0 Å². The van der Waals surface area contributed by atoms with E-state index in [0.717, 1.165) is 32.1 Å². The van der Waals surface area contributed by atoms with E-state index in [4.69, 9.17) is 9.47 Å². The van der Waals surface area contributed by atoms with Gasteiger partial charge in [-0.25, -0.2) is 0 Å². The molecule has 0 aliphatic heterocycles. The average molecular weight is 298 g/mol. The quantitative estimate of drug-likeness (QED) is 0.603. The molecule has 0 spiro atoms. The van der Waals surface area contributed by atoms with Crippen LogP contribution in [-0.2, 0) is 19.1 Å².